The first kappa shape index (κ1) is 12.8. The first-order chi connectivity index (χ1) is 8.65. The fraction of sp³-hybridized carbons (Fsp3) is 0.250. The average Bonchev–Trinajstić information content (AvgIpc) is 2.72. The van der Waals surface area contributed by atoms with Crippen molar-refractivity contribution in [1.29, 1.82) is 0 Å². The van der Waals surface area contributed by atoms with Gasteiger partial charge >= 0.3 is 5.97 Å². The molecule has 2 heterocycles. The van der Waals surface area contributed by atoms with Gasteiger partial charge < -0.3 is 9.26 Å². The maximum Gasteiger partial charge on any atom is 0.344 e. The molecule has 94 valence electrons. The highest BCUT2D eigenvalue weighted by Gasteiger charge is 2.23. The SMILES string of the molecule is CCOC(=O)c1c(-c2ccncc2Br)noc1C. The largest absolute Gasteiger partial charge is 0.462 e. The molecule has 6 heteroatoms. The molecule has 2 aromatic rings. The summed E-state index contributed by atoms with van der Waals surface area (Å²) < 4.78 is 10.8. The van der Waals surface area contributed by atoms with Gasteiger partial charge in [0.05, 0.1) is 6.61 Å². The zero-order valence-electron chi connectivity index (χ0n) is 9.94. The van der Waals surface area contributed by atoms with Gasteiger partial charge in [-0.15, -0.1) is 0 Å². The number of carbonyl (C=O) groups is 1. The summed E-state index contributed by atoms with van der Waals surface area (Å²) in [4.78, 5) is 15.8. The Morgan fingerprint density at radius 3 is 3.00 bits per heavy atom. The predicted molar refractivity (Wildman–Crippen MR) is 68.1 cm³/mol. The molecule has 0 atom stereocenters. The van der Waals surface area contributed by atoms with Gasteiger partial charge in [-0.1, -0.05) is 5.16 Å². The number of esters is 1. The van der Waals surface area contributed by atoms with E-state index >= 15 is 0 Å². The van der Waals surface area contributed by atoms with E-state index in [4.69, 9.17) is 9.26 Å². The van der Waals surface area contributed by atoms with Crippen molar-refractivity contribution < 1.29 is 14.1 Å². The van der Waals surface area contributed by atoms with Crippen molar-refractivity contribution in [1.82, 2.24) is 10.1 Å². The number of aryl methyl sites for hydroxylation is 1. The molecule has 2 aromatic heterocycles. The quantitative estimate of drug-likeness (QED) is 0.815. The minimum Gasteiger partial charge on any atom is -0.462 e. The minimum atomic E-state index is -0.435. The molecule has 0 N–H and O–H groups in total. The van der Waals surface area contributed by atoms with Crippen molar-refractivity contribution in [2.75, 3.05) is 6.61 Å². The van der Waals surface area contributed by atoms with E-state index in [-0.39, 0.29) is 0 Å². The van der Waals surface area contributed by atoms with Crippen LogP contribution in [0, 0.1) is 6.92 Å². The number of hydrogen-bond acceptors (Lipinski definition) is 5. The van der Waals surface area contributed by atoms with E-state index in [1.807, 2.05) is 0 Å². The van der Waals surface area contributed by atoms with Crippen LogP contribution in [0.25, 0.3) is 11.3 Å². The molecule has 0 aliphatic carbocycles. The highest BCUT2D eigenvalue weighted by molar-refractivity contribution is 9.10. The van der Waals surface area contributed by atoms with Crippen LogP contribution in [0.3, 0.4) is 0 Å². The fourth-order valence-corrected chi connectivity index (χ4v) is 2.01. The maximum absolute atomic E-state index is 11.9. The van der Waals surface area contributed by atoms with E-state index in [0.717, 1.165) is 10.0 Å². The van der Waals surface area contributed by atoms with Gasteiger partial charge in [-0.3, -0.25) is 4.98 Å². The lowest BCUT2D eigenvalue weighted by atomic mass is 10.1. The monoisotopic (exact) mass is 310 g/mol. The molecular formula is C12H11BrN2O3. The molecule has 0 bridgehead atoms. The Morgan fingerprint density at radius 2 is 2.33 bits per heavy atom. The van der Waals surface area contributed by atoms with E-state index in [1.54, 1.807) is 32.3 Å². The van der Waals surface area contributed by atoms with E-state index < -0.39 is 5.97 Å². The van der Waals surface area contributed by atoms with Crippen molar-refractivity contribution in [2.24, 2.45) is 0 Å². The Morgan fingerprint density at radius 1 is 1.56 bits per heavy atom. The molecule has 0 aliphatic heterocycles. The van der Waals surface area contributed by atoms with Crippen LogP contribution in [-0.4, -0.2) is 22.7 Å². The van der Waals surface area contributed by atoms with Gasteiger partial charge in [-0.05, 0) is 35.8 Å². The smallest absolute Gasteiger partial charge is 0.344 e. The third-order valence-electron chi connectivity index (χ3n) is 2.37. The molecule has 0 radical (unpaired) electrons. The molecule has 0 fully saturated rings. The standard InChI is InChI=1S/C12H11BrN2O3/c1-3-17-12(16)10-7(2)18-15-11(10)8-4-5-14-6-9(8)13/h4-6H,3H2,1-2H3. The molecule has 5 nitrogen and oxygen atoms in total. The Hall–Kier alpha value is -1.69. The number of halogens is 1. The summed E-state index contributed by atoms with van der Waals surface area (Å²) in [7, 11) is 0. The fourth-order valence-electron chi connectivity index (χ4n) is 1.57. The molecular weight excluding hydrogens is 300 g/mol. The molecule has 0 unspecified atom stereocenters. The van der Waals surface area contributed by atoms with E-state index in [2.05, 4.69) is 26.1 Å². The van der Waals surface area contributed by atoms with Crippen LogP contribution < -0.4 is 0 Å². The summed E-state index contributed by atoms with van der Waals surface area (Å²) >= 11 is 3.37. The van der Waals surface area contributed by atoms with Crippen LogP contribution in [-0.2, 0) is 4.74 Å². The van der Waals surface area contributed by atoms with Gasteiger partial charge in [-0.2, -0.15) is 0 Å². The summed E-state index contributed by atoms with van der Waals surface area (Å²) in [6.45, 7) is 3.74. The van der Waals surface area contributed by atoms with Crippen molar-refractivity contribution in [3.8, 4) is 11.3 Å². The van der Waals surface area contributed by atoms with Gasteiger partial charge in [0.1, 0.15) is 17.0 Å². The maximum atomic E-state index is 11.9. The first-order valence-electron chi connectivity index (χ1n) is 5.38. The van der Waals surface area contributed by atoms with Crippen molar-refractivity contribution >= 4 is 21.9 Å². The molecule has 2 rings (SSSR count). The Labute approximate surface area is 112 Å². The topological polar surface area (TPSA) is 65.2 Å². The van der Waals surface area contributed by atoms with Gasteiger partial charge in [0.25, 0.3) is 0 Å². The lowest BCUT2D eigenvalue weighted by Gasteiger charge is -2.03. The molecule has 0 aliphatic rings. The number of carbonyl (C=O) groups excluding carboxylic acids is 1. The number of aromatic nitrogens is 2. The summed E-state index contributed by atoms with van der Waals surface area (Å²) in [5.74, 6) is 0.00197. The third-order valence-corrected chi connectivity index (χ3v) is 3.00. The molecule has 0 saturated carbocycles. The Balaban J connectivity index is 2.53. The van der Waals surface area contributed by atoms with E-state index in [9.17, 15) is 4.79 Å². The zero-order chi connectivity index (χ0) is 13.1. The summed E-state index contributed by atoms with van der Waals surface area (Å²) in [6.07, 6.45) is 3.26. The Kier molecular flexibility index (Phi) is 3.76. The number of hydrogen-bond donors (Lipinski definition) is 0. The lowest BCUT2D eigenvalue weighted by molar-refractivity contribution is 0.0525. The first-order valence-corrected chi connectivity index (χ1v) is 6.17. The number of rotatable bonds is 3. The van der Waals surface area contributed by atoms with Crippen LogP contribution >= 0.6 is 15.9 Å². The number of ether oxygens (including phenoxy) is 1. The third kappa shape index (κ3) is 2.28. The highest BCUT2D eigenvalue weighted by Crippen LogP contribution is 2.30. The molecule has 0 amide bonds. The van der Waals surface area contributed by atoms with Crippen LogP contribution in [0.4, 0.5) is 0 Å². The average molecular weight is 311 g/mol. The Bertz CT molecular complexity index is 580. The van der Waals surface area contributed by atoms with Gasteiger partial charge in [0, 0.05) is 22.4 Å². The van der Waals surface area contributed by atoms with Gasteiger partial charge in [0.2, 0.25) is 0 Å². The van der Waals surface area contributed by atoms with E-state index in [1.165, 1.54) is 0 Å². The lowest BCUT2D eigenvalue weighted by Crippen LogP contribution is -2.06. The van der Waals surface area contributed by atoms with Crippen LogP contribution in [0.1, 0.15) is 23.0 Å². The van der Waals surface area contributed by atoms with Crippen molar-refractivity contribution in [3.05, 3.63) is 34.3 Å². The van der Waals surface area contributed by atoms with Crippen molar-refractivity contribution in [3.63, 3.8) is 0 Å². The summed E-state index contributed by atoms with van der Waals surface area (Å²) in [6, 6.07) is 1.75. The molecule has 0 spiro atoms. The second kappa shape index (κ2) is 5.30. The molecule has 0 saturated heterocycles. The van der Waals surface area contributed by atoms with E-state index in [0.29, 0.717) is 23.6 Å². The molecule has 18 heavy (non-hydrogen) atoms. The predicted octanol–water partition coefficient (Wildman–Crippen LogP) is 2.98. The number of pyridine rings is 1. The second-order valence-corrected chi connectivity index (χ2v) is 4.39. The van der Waals surface area contributed by atoms with Crippen LogP contribution in [0.2, 0.25) is 0 Å². The van der Waals surface area contributed by atoms with Crippen LogP contribution in [0.5, 0.6) is 0 Å². The van der Waals surface area contributed by atoms with Gasteiger partial charge in [-0.25, -0.2) is 4.79 Å². The summed E-state index contributed by atoms with van der Waals surface area (Å²) in [5.41, 5.74) is 1.55. The van der Waals surface area contributed by atoms with Crippen molar-refractivity contribution in [2.45, 2.75) is 13.8 Å². The van der Waals surface area contributed by atoms with Crippen LogP contribution in [0.15, 0.2) is 27.5 Å². The second-order valence-electron chi connectivity index (χ2n) is 3.54. The van der Waals surface area contributed by atoms with Gasteiger partial charge in [0.15, 0.2) is 0 Å². The number of nitrogens with zero attached hydrogens (tertiary/aromatic N) is 2. The summed E-state index contributed by atoms with van der Waals surface area (Å²) in [5, 5.41) is 3.92. The molecule has 0 aromatic carbocycles. The normalized spacial score (nSPS) is 10.4. The zero-order valence-corrected chi connectivity index (χ0v) is 11.5. The minimum absolute atomic E-state index is 0.306. The highest BCUT2D eigenvalue weighted by atomic mass is 79.9.